The lowest BCUT2D eigenvalue weighted by molar-refractivity contribution is -0.141. The van der Waals surface area contributed by atoms with Crippen molar-refractivity contribution in [3.05, 3.63) is 41.2 Å². The summed E-state index contributed by atoms with van der Waals surface area (Å²) in [5.41, 5.74) is -0.870. The van der Waals surface area contributed by atoms with Gasteiger partial charge in [0, 0.05) is 23.1 Å². The molecule has 0 aliphatic heterocycles. The molecule has 10 heteroatoms. The van der Waals surface area contributed by atoms with Gasteiger partial charge in [-0.1, -0.05) is 0 Å². The summed E-state index contributed by atoms with van der Waals surface area (Å²) in [6, 6.07) is 2.69. The molecular formula is C13H10F3N5O2. The van der Waals surface area contributed by atoms with E-state index in [1.54, 1.807) is 6.07 Å². The van der Waals surface area contributed by atoms with E-state index in [2.05, 4.69) is 25.4 Å². The Bertz CT molecular complexity index is 721. The van der Waals surface area contributed by atoms with Crippen molar-refractivity contribution < 1.29 is 18.0 Å². The molecule has 0 bridgehead atoms. The molecule has 0 aliphatic carbocycles. The van der Waals surface area contributed by atoms with Crippen LogP contribution in [0.25, 0.3) is 11.3 Å². The molecule has 120 valence electrons. The summed E-state index contributed by atoms with van der Waals surface area (Å²) in [7, 11) is 0. The standard InChI is InChI=1S/C13H10F3N5O2/c1-7(11(22)21-23)18-12-19-9(8-3-2-4-17-6-8)5-10(20-12)13(14,15)16/h2-7H,1H3,(H,18,19,20)/t7-/m1/s1. The number of anilines is 1. The van der Waals surface area contributed by atoms with Gasteiger partial charge < -0.3 is 5.32 Å². The van der Waals surface area contributed by atoms with Gasteiger partial charge in [0.1, 0.15) is 6.04 Å². The number of rotatable bonds is 4. The molecule has 1 amide bonds. The van der Waals surface area contributed by atoms with Crippen LogP contribution >= 0.6 is 0 Å². The third-order valence-corrected chi connectivity index (χ3v) is 2.78. The van der Waals surface area contributed by atoms with Crippen molar-refractivity contribution in [3.8, 4) is 11.3 Å². The lowest BCUT2D eigenvalue weighted by Crippen LogP contribution is -2.26. The molecule has 2 aromatic heterocycles. The van der Waals surface area contributed by atoms with Crippen molar-refractivity contribution >= 4 is 11.9 Å². The number of pyridine rings is 1. The quantitative estimate of drug-likeness (QED) is 0.868. The molecule has 2 heterocycles. The third-order valence-electron chi connectivity index (χ3n) is 2.78. The number of nitrogens with zero attached hydrogens (tertiary/aromatic N) is 4. The Kier molecular flexibility index (Phi) is 4.63. The highest BCUT2D eigenvalue weighted by Gasteiger charge is 2.34. The normalized spacial score (nSPS) is 12.5. The van der Waals surface area contributed by atoms with E-state index < -0.39 is 29.8 Å². The molecule has 1 N–H and O–H groups in total. The number of nitrogens with one attached hydrogen (secondary N) is 1. The molecule has 2 rings (SSSR count). The van der Waals surface area contributed by atoms with Gasteiger partial charge in [-0.2, -0.15) is 13.2 Å². The predicted octanol–water partition coefficient (Wildman–Crippen LogP) is 2.65. The van der Waals surface area contributed by atoms with Crippen LogP contribution < -0.4 is 5.32 Å². The van der Waals surface area contributed by atoms with E-state index in [0.29, 0.717) is 5.56 Å². The number of alkyl halides is 3. The van der Waals surface area contributed by atoms with Gasteiger partial charge in [0.2, 0.25) is 5.95 Å². The molecule has 23 heavy (non-hydrogen) atoms. The number of halogens is 3. The highest BCUT2D eigenvalue weighted by Crippen LogP contribution is 2.31. The lowest BCUT2D eigenvalue weighted by Gasteiger charge is -2.13. The molecule has 0 aromatic carbocycles. The van der Waals surface area contributed by atoms with Crippen molar-refractivity contribution in [2.24, 2.45) is 5.18 Å². The van der Waals surface area contributed by atoms with Crippen molar-refractivity contribution in [1.29, 1.82) is 0 Å². The molecule has 0 fully saturated rings. The van der Waals surface area contributed by atoms with Crippen LogP contribution in [0.4, 0.5) is 19.1 Å². The summed E-state index contributed by atoms with van der Waals surface area (Å²) in [4.78, 5) is 32.4. The van der Waals surface area contributed by atoms with Crippen molar-refractivity contribution in [2.45, 2.75) is 19.1 Å². The van der Waals surface area contributed by atoms with Gasteiger partial charge in [0.25, 0.3) is 0 Å². The molecule has 0 spiro atoms. The van der Waals surface area contributed by atoms with Gasteiger partial charge in [0.15, 0.2) is 5.69 Å². The van der Waals surface area contributed by atoms with Crippen LogP contribution in [-0.2, 0) is 11.0 Å². The Morgan fingerprint density at radius 1 is 1.35 bits per heavy atom. The average molecular weight is 325 g/mol. The average Bonchev–Trinajstić information content (AvgIpc) is 2.53. The van der Waals surface area contributed by atoms with Crippen LogP contribution in [0.2, 0.25) is 0 Å². The molecule has 0 radical (unpaired) electrons. The summed E-state index contributed by atoms with van der Waals surface area (Å²) in [5, 5.41) is 4.53. The second-order valence-corrected chi connectivity index (χ2v) is 4.50. The van der Waals surface area contributed by atoms with Crippen LogP contribution in [0.15, 0.2) is 35.8 Å². The van der Waals surface area contributed by atoms with E-state index >= 15 is 0 Å². The van der Waals surface area contributed by atoms with Crippen LogP contribution in [0.1, 0.15) is 12.6 Å². The van der Waals surface area contributed by atoms with Gasteiger partial charge in [-0.15, -0.1) is 4.91 Å². The zero-order valence-corrected chi connectivity index (χ0v) is 11.7. The highest BCUT2D eigenvalue weighted by atomic mass is 19.4. The maximum atomic E-state index is 13.0. The monoisotopic (exact) mass is 325 g/mol. The van der Waals surface area contributed by atoms with E-state index in [0.717, 1.165) is 6.07 Å². The number of hydrogen-bond acceptors (Lipinski definition) is 6. The Morgan fingerprint density at radius 2 is 2.09 bits per heavy atom. The fourth-order valence-corrected chi connectivity index (χ4v) is 1.65. The molecular weight excluding hydrogens is 315 g/mol. The van der Waals surface area contributed by atoms with E-state index in [1.807, 2.05) is 0 Å². The molecule has 7 nitrogen and oxygen atoms in total. The third kappa shape index (κ3) is 4.05. The topological polar surface area (TPSA) is 97.2 Å². The van der Waals surface area contributed by atoms with Crippen LogP contribution in [-0.4, -0.2) is 26.9 Å². The minimum absolute atomic E-state index is 0.0263. The second kappa shape index (κ2) is 6.46. The van der Waals surface area contributed by atoms with Crippen LogP contribution in [0, 0.1) is 4.91 Å². The van der Waals surface area contributed by atoms with E-state index in [4.69, 9.17) is 0 Å². The van der Waals surface area contributed by atoms with Gasteiger partial charge >= 0.3 is 12.1 Å². The number of amides is 1. The number of carbonyl (C=O) groups excluding carboxylic acids is 1. The van der Waals surface area contributed by atoms with Gasteiger partial charge in [-0.25, -0.2) is 9.97 Å². The lowest BCUT2D eigenvalue weighted by atomic mass is 10.2. The summed E-state index contributed by atoms with van der Waals surface area (Å²) in [6.07, 6.45) is -1.90. The van der Waals surface area contributed by atoms with Gasteiger partial charge in [-0.3, -0.25) is 9.78 Å². The maximum Gasteiger partial charge on any atom is 0.433 e. The fourth-order valence-electron chi connectivity index (χ4n) is 1.65. The van der Waals surface area contributed by atoms with Crippen molar-refractivity contribution in [3.63, 3.8) is 0 Å². The van der Waals surface area contributed by atoms with Crippen LogP contribution in [0.5, 0.6) is 0 Å². The zero-order valence-electron chi connectivity index (χ0n) is 11.7. The Labute approximate surface area is 128 Å². The molecule has 0 saturated heterocycles. The van der Waals surface area contributed by atoms with Crippen molar-refractivity contribution in [2.75, 3.05) is 5.32 Å². The zero-order chi connectivity index (χ0) is 17.0. The number of carbonyl (C=O) groups is 1. The van der Waals surface area contributed by atoms with E-state index in [-0.39, 0.29) is 5.69 Å². The first-order valence-electron chi connectivity index (χ1n) is 6.31. The first-order valence-corrected chi connectivity index (χ1v) is 6.31. The molecule has 0 aliphatic rings. The Hall–Kier alpha value is -2.91. The smallest absolute Gasteiger partial charge is 0.342 e. The number of aromatic nitrogens is 3. The predicted molar refractivity (Wildman–Crippen MR) is 74.2 cm³/mol. The van der Waals surface area contributed by atoms with Crippen molar-refractivity contribution in [1.82, 2.24) is 15.0 Å². The summed E-state index contributed by atoms with van der Waals surface area (Å²) < 4.78 is 38.9. The first-order chi connectivity index (χ1) is 10.8. The second-order valence-electron chi connectivity index (χ2n) is 4.50. The molecule has 1 atom stereocenters. The van der Waals surface area contributed by atoms with E-state index in [9.17, 15) is 22.9 Å². The molecule has 0 unspecified atom stereocenters. The van der Waals surface area contributed by atoms with Gasteiger partial charge in [0.05, 0.1) is 5.69 Å². The minimum atomic E-state index is -4.70. The fraction of sp³-hybridized carbons (Fsp3) is 0.231. The number of nitroso groups, excluding NO2 is 1. The SMILES string of the molecule is C[C@@H](Nc1nc(-c2cccnc2)cc(C(F)(F)F)n1)C(=O)N=O. The Balaban J connectivity index is 2.46. The Morgan fingerprint density at radius 3 is 2.65 bits per heavy atom. The summed E-state index contributed by atoms with van der Waals surface area (Å²) in [6.45, 7) is 1.26. The first kappa shape index (κ1) is 16.5. The number of hydrogen-bond donors (Lipinski definition) is 1. The molecule has 2 aromatic rings. The van der Waals surface area contributed by atoms with Crippen LogP contribution in [0.3, 0.4) is 0 Å². The van der Waals surface area contributed by atoms with E-state index in [1.165, 1.54) is 25.4 Å². The maximum absolute atomic E-state index is 13.0. The van der Waals surface area contributed by atoms with Gasteiger partial charge in [-0.05, 0) is 25.1 Å². The summed E-state index contributed by atoms with van der Waals surface area (Å²) >= 11 is 0. The highest BCUT2D eigenvalue weighted by molar-refractivity contribution is 5.84. The molecule has 0 saturated carbocycles. The minimum Gasteiger partial charge on any atom is -0.342 e. The largest absolute Gasteiger partial charge is 0.433 e. The summed E-state index contributed by atoms with van der Waals surface area (Å²) in [5.74, 6) is -1.52.